The maximum atomic E-state index is 10.2. The summed E-state index contributed by atoms with van der Waals surface area (Å²) in [4.78, 5) is 10.2. The van der Waals surface area contributed by atoms with E-state index in [4.69, 9.17) is 5.73 Å². The van der Waals surface area contributed by atoms with Crippen LogP contribution in [0.3, 0.4) is 0 Å². The lowest BCUT2D eigenvalue weighted by molar-refractivity contribution is -0.306. The van der Waals surface area contributed by atoms with Crippen LogP contribution in [0.25, 0.3) is 0 Å². The molecule has 0 aliphatic rings. The third-order valence-corrected chi connectivity index (χ3v) is 2.21. The van der Waals surface area contributed by atoms with E-state index < -0.39 is 12.0 Å². The highest BCUT2D eigenvalue weighted by Gasteiger charge is 2.05. The highest BCUT2D eigenvalue weighted by molar-refractivity contribution is 9.10. The zero-order chi connectivity index (χ0) is 9.84. The van der Waals surface area contributed by atoms with E-state index in [0.717, 1.165) is 10.0 Å². The van der Waals surface area contributed by atoms with Gasteiger partial charge >= 0.3 is 0 Å². The zero-order valence-corrected chi connectivity index (χ0v) is 8.45. The summed E-state index contributed by atoms with van der Waals surface area (Å²) in [6, 6.07) is 6.74. The Morgan fingerprint density at radius 2 is 2.00 bits per heavy atom. The molecule has 1 aromatic carbocycles. The van der Waals surface area contributed by atoms with Gasteiger partial charge < -0.3 is 15.6 Å². The number of carboxylic acid groups (broad SMARTS) is 1. The fourth-order valence-electron chi connectivity index (χ4n) is 1.01. The standard InChI is InChI=1S/C9H10BrNO2/c10-7-3-1-6(2-4-7)8(11)5-9(12)13/h1-4,8H,5,11H2,(H,12,13)/p-1. The number of halogens is 1. The third-order valence-electron chi connectivity index (χ3n) is 1.68. The molecule has 0 aromatic heterocycles. The summed E-state index contributed by atoms with van der Waals surface area (Å²) in [5.41, 5.74) is 6.41. The molecule has 3 nitrogen and oxygen atoms in total. The van der Waals surface area contributed by atoms with E-state index in [1.54, 1.807) is 12.1 Å². The lowest BCUT2D eigenvalue weighted by Crippen LogP contribution is -2.27. The minimum absolute atomic E-state index is 0.151. The van der Waals surface area contributed by atoms with Crippen LogP contribution in [-0.4, -0.2) is 5.97 Å². The molecule has 0 radical (unpaired) electrons. The molecule has 0 aliphatic heterocycles. The van der Waals surface area contributed by atoms with Crippen LogP contribution in [0.4, 0.5) is 0 Å². The molecule has 1 atom stereocenters. The lowest BCUT2D eigenvalue weighted by atomic mass is 10.1. The number of hydrogen-bond donors (Lipinski definition) is 1. The summed E-state index contributed by atoms with van der Waals surface area (Å²) in [7, 11) is 0. The summed E-state index contributed by atoms with van der Waals surface area (Å²) in [6.07, 6.45) is -0.151. The Hall–Kier alpha value is -0.870. The van der Waals surface area contributed by atoms with Crippen LogP contribution in [0, 0.1) is 0 Å². The molecule has 0 amide bonds. The van der Waals surface area contributed by atoms with Crippen LogP contribution in [0.15, 0.2) is 28.7 Å². The van der Waals surface area contributed by atoms with E-state index in [9.17, 15) is 9.90 Å². The van der Waals surface area contributed by atoms with Gasteiger partial charge in [0.2, 0.25) is 0 Å². The van der Waals surface area contributed by atoms with Crippen molar-refractivity contribution in [1.29, 1.82) is 0 Å². The average Bonchev–Trinajstić information content (AvgIpc) is 2.04. The average molecular weight is 243 g/mol. The quantitative estimate of drug-likeness (QED) is 0.844. The Morgan fingerprint density at radius 3 is 2.46 bits per heavy atom. The van der Waals surface area contributed by atoms with Crippen LogP contribution < -0.4 is 10.8 Å². The lowest BCUT2D eigenvalue weighted by Gasteiger charge is -2.12. The van der Waals surface area contributed by atoms with Crippen LogP contribution in [0.5, 0.6) is 0 Å². The number of benzene rings is 1. The van der Waals surface area contributed by atoms with Crippen molar-refractivity contribution in [3.8, 4) is 0 Å². The predicted octanol–water partition coefficient (Wildman–Crippen LogP) is 0.589. The van der Waals surface area contributed by atoms with E-state index >= 15 is 0 Å². The van der Waals surface area contributed by atoms with Gasteiger partial charge in [0.25, 0.3) is 0 Å². The molecule has 1 aromatic rings. The first-order valence-corrected chi connectivity index (χ1v) is 4.60. The number of aliphatic carboxylic acids is 1. The van der Waals surface area contributed by atoms with Gasteiger partial charge in [0.1, 0.15) is 0 Å². The van der Waals surface area contributed by atoms with Crippen LogP contribution in [-0.2, 0) is 4.79 Å². The minimum atomic E-state index is -1.13. The summed E-state index contributed by atoms with van der Waals surface area (Å²) in [5, 5.41) is 10.2. The molecule has 0 saturated heterocycles. The molecular formula is C9H9BrNO2-. The third kappa shape index (κ3) is 3.16. The van der Waals surface area contributed by atoms with Gasteiger partial charge in [0.05, 0.1) is 0 Å². The minimum Gasteiger partial charge on any atom is -0.550 e. The largest absolute Gasteiger partial charge is 0.550 e. The second kappa shape index (κ2) is 4.39. The molecule has 0 aliphatic carbocycles. The van der Waals surface area contributed by atoms with Crippen molar-refractivity contribution < 1.29 is 9.90 Å². The van der Waals surface area contributed by atoms with Gasteiger partial charge in [0, 0.05) is 22.9 Å². The fourth-order valence-corrected chi connectivity index (χ4v) is 1.27. The van der Waals surface area contributed by atoms with E-state index in [-0.39, 0.29) is 6.42 Å². The second-order valence-electron chi connectivity index (χ2n) is 2.73. The molecule has 0 bridgehead atoms. The maximum absolute atomic E-state index is 10.2. The second-order valence-corrected chi connectivity index (χ2v) is 3.65. The van der Waals surface area contributed by atoms with Crippen molar-refractivity contribution in [3.63, 3.8) is 0 Å². The van der Waals surface area contributed by atoms with Gasteiger partial charge in [-0.3, -0.25) is 0 Å². The van der Waals surface area contributed by atoms with E-state index in [1.165, 1.54) is 0 Å². The highest BCUT2D eigenvalue weighted by Crippen LogP contribution is 2.16. The first-order valence-electron chi connectivity index (χ1n) is 3.80. The van der Waals surface area contributed by atoms with E-state index in [1.807, 2.05) is 12.1 Å². The van der Waals surface area contributed by atoms with Gasteiger partial charge in [-0.25, -0.2) is 0 Å². The van der Waals surface area contributed by atoms with Gasteiger partial charge in [0.15, 0.2) is 0 Å². The molecule has 0 heterocycles. The van der Waals surface area contributed by atoms with Gasteiger partial charge in [-0.05, 0) is 17.7 Å². The Morgan fingerprint density at radius 1 is 1.46 bits per heavy atom. The molecular weight excluding hydrogens is 234 g/mol. The number of carbonyl (C=O) groups excluding carboxylic acids is 1. The van der Waals surface area contributed by atoms with Gasteiger partial charge in [-0.15, -0.1) is 0 Å². The first kappa shape index (κ1) is 10.2. The van der Waals surface area contributed by atoms with Crippen LogP contribution in [0.1, 0.15) is 18.0 Å². The highest BCUT2D eigenvalue weighted by atomic mass is 79.9. The summed E-state index contributed by atoms with van der Waals surface area (Å²) in [6.45, 7) is 0. The molecule has 0 spiro atoms. The van der Waals surface area contributed by atoms with Crippen molar-refractivity contribution in [2.75, 3.05) is 0 Å². The Bertz CT molecular complexity index is 297. The monoisotopic (exact) mass is 242 g/mol. The zero-order valence-electron chi connectivity index (χ0n) is 6.87. The maximum Gasteiger partial charge on any atom is 0.0433 e. The molecule has 1 unspecified atom stereocenters. The number of carbonyl (C=O) groups is 1. The van der Waals surface area contributed by atoms with Crippen LogP contribution in [0.2, 0.25) is 0 Å². The number of nitrogens with two attached hydrogens (primary N) is 1. The molecule has 70 valence electrons. The molecule has 4 heteroatoms. The van der Waals surface area contributed by atoms with Crippen molar-refractivity contribution >= 4 is 21.9 Å². The fraction of sp³-hybridized carbons (Fsp3) is 0.222. The Kier molecular flexibility index (Phi) is 3.45. The van der Waals surface area contributed by atoms with Gasteiger partial charge in [-0.1, -0.05) is 28.1 Å². The number of carboxylic acids is 1. The van der Waals surface area contributed by atoms with Crippen molar-refractivity contribution in [3.05, 3.63) is 34.3 Å². The number of hydrogen-bond acceptors (Lipinski definition) is 3. The van der Waals surface area contributed by atoms with Crippen molar-refractivity contribution in [2.24, 2.45) is 5.73 Å². The van der Waals surface area contributed by atoms with Crippen molar-refractivity contribution in [1.82, 2.24) is 0 Å². The van der Waals surface area contributed by atoms with Gasteiger partial charge in [-0.2, -0.15) is 0 Å². The van der Waals surface area contributed by atoms with E-state index in [0.29, 0.717) is 0 Å². The normalized spacial score (nSPS) is 12.5. The molecule has 13 heavy (non-hydrogen) atoms. The summed E-state index contributed by atoms with van der Waals surface area (Å²) >= 11 is 3.28. The van der Waals surface area contributed by atoms with E-state index in [2.05, 4.69) is 15.9 Å². The topological polar surface area (TPSA) is 66.2 Å². The summed E-state index contributed by atoms with van der Waals surface area (Å²) in [5.74, 6) is -1.13. The van der Waals surface area contributed by atoms with Crippen LogP contribution >= 0.6 is 15.9 Å². The predicted molar refractivity (Wildman–Crippen MR) is 50.7 cm³/mol. The number of rotatable bonds is 3. The molecule has 1 rings (SSSR count). The molecule has 0 saturated carbocycles. The SMILES string of the molecule is NC(CC(=O)[O-])c1ccc(Br)cc1. The smallest absolute Gasteiger partial charge is 0.0433 e. The summed E-state index contributed by atoms with van der Waals surface area (Å²) < 4.78 is 0.942. The molecule has 2 N–H and O–H groups in total. The first-order chi connectivity index (χ1) is 6.09. The van der Waals surface area contributed by atoms with Crippen molar-refractivity contribution in [2.45, 2.75) is 12.5 Å². The Balaban J connectivity index is 2.71. The molecule has 0 fully saturated rings. The Labute approximate surface area is 84.7 Å².